The van der Waals surface area contributed by atoms with Crippen molar-refractivity contribution >= 4 is 11.7 Å². The maximum Gasteiger partial charge on any atom is 0.319 e. The van der Waals surface area contributed by atoms with E-state index in [1.807, 2.05) is 26.4 Å². The predicted molar refractivity (Wildman–Crippen MR) is 85.0 cm³/mol. The molecule has 1 fully saturated rings. The van der Waals surface area contributed by atoms with E-state index in [9.17, 15) is 4.79 Å². The molecule has 0 aliphatic carbocycles. The molecule has 1 saturated heterocycles. The van der Waals surface area contributed by atoms with Crippen LogP contribution in [0.2, 0.25) is 0 Å². The SMILES string of the molecule is C[C@H](NC(=O)Nc1cnn(C[C@@H]2CCCO2)c1)c1cnn(C)c1. The van der Waals surface area contributed by atoms with Gasteiger partial charge in [-0.3, -0.25) is 9.36 Å². The zero-order valence-electron chi connectivity index (χ0n) is 13.4. The molecule has 3 rings (SSSR count). The highest BCUT2D eigenvalue weighted by molar-refractivity contribution is 5.89. The van der Waals surface area contributed by atoms with E-state index in [0.29, 0.717) is 5.69 Å². The quantitative estimate of drug-likeness (QED) is 0.878. The Morgan fingerprint density at radius 3 is 3.00 bits per heavy atom. The lowest BCUT2D eigenvalue weighted by Crippen LogP contribution is -2.30. The molecule has 2 N–H and O–H groups in total. The van der Waals surface area contributed by atoms with Gasteiger partial charge in [0.05, 0.1) is 36.8 Å². The summed E-state index contributed by atoms with van der Waals surface area (Å²) < 4.78 is 9.09. The van der Waals surface area contributed by atoms with Crippen LogP contribution in [0.5, 0.6) is 0 Å². The van der Waals surface area contributed by atoms with Gasteiger partial charge in [0.1, 0.15) is 0 Å². The minimum Gasteiger partial charge on any atom is -0.376 e. The number of anilines is 1. The molecule has 2 aromatic rings. The first-order valence-electron chi connectivity index (χ1n) is 7.80. The van der Waals surface area contributed by atoms with Gasteiger partial charge in [0, 0.05) is 31.6 Å². The molecule has 8 nitrogen and oxygen atoms in total. The molecule has 0 bridgehead atoms. The Labute approximate surface area is 134 Å². The molecule has 124 valence electrons. The standard InChI is InChI=1S/C15H22N6O2/c1-11(12-6-16-20(2)8-12)18-15(22)19-13-7-17-21(9-13)10-14-4-3-5-23-14/h6-9,11,14H,3-5,10H2,1-2H3,(H2,18,19,22)/t11-,14-/m0/s1. The number of rotatable bonds is 5. The number of hydrogen-bond acceptors (Lipinski definition) is 4. The van der Waals surface area contributed by atoms with Crippen molar-refractivity contribution in [3.8, 4) is 0 Å². The van der Waals surface area contributed by atoms with Crippen molar-refractivity contribution in [3.63, 3.8) is 0 Å². The number of urea groups is 1. The number of nitrogens with one attached hydrogen (secondary N) is 2. The lowest BCUT2D eigenvalue weighted by Gasteiger charge is -2.12. The molecule has 0 aromatic carbocycles. The van der Waals surface area contributed by atoms with Crippen LogP contribution >= 0.6 is 0 Å². The molecular weight excluding hydrogens is 296 g/mol. The summed E-state index contributed by atoms with van der Waals surface area (Å²) in [5.74, 6) is 0. The number of hydrogen-bond donors (Lipinski definition) is 2. The van der Waals surface area contributed by atoms with Crippen molar-refractivity contribution in [2.45, 2.75) is 38.5 Å². The number of amides is 2. The Morgan fingerprint density at radius 1 is 1.43 bits per heavy atom. The normalized spacial score (nSPS) is 18.8. The van der Waals surface area contributed by atoms with E-state index in [1.54, 1.807) is 21.8 Å². The van der Waals surface area contributed by atoms with Crippen molar-refractivity contribution in [1.82, 2.24) is 24.9 Å². The number of carbonyl (C=O) groups excluding carboxylic acids is 1. The van der Waals surface area contributed by atoms with E-state index >= 15 is 0 Å². The summed E-state index contributed by atoms with van der Waals surface area (Å²) in [5, 5.41) is 14.0. The number of carbonyl (C=O) groups is 1. The molecule has 8 heteroatoms. The Bertz CT molecular complexity index is 658. The molecular formula is C15H22N6O2. The van der Waals surface area contributed by atoms with Crippen molar-refractivity contribution in [2.24, 2.45) is 7.05 Å². The van der Waals surface area contributed by atoms with Gasteiger partial charge in [0.25, 0.3) is 0 Å². The zero-order valence-corrected chi connectivity index (χ0v) is 13.4. The fourth-order valence-electron chi connectivity index (χ4n) is 2.64. The van der Waals surface area contributed by atoms with Crippen LogP contribution in [-0.4, -0.2) is 38.3 Å². The van der Waals surface area contributed by atoms with Crippen molar-refractivity contribution in [1.29, 1.82) is 0 Å². The molecule has 1 aliphatic heterocycles. The number of nitrogens with zero attached hydrogens (tertiary/aromatic N) is 4. The molecule has 0 saturated carbocycles. The Hall–Kier alpha value is -2.35. The van der Waals surface area contributed by atoms with Gasteiger partial charge in [-0.1, -0.05) is 0 Å². The van der Waals surface area contributed by atoms with Gasteiger partial charge in [0.2, 0.25) is 0 Å². The summed E-state index contributed by atoms with van der Waals surface area (Å²) in [6.45, 7) is 3.46. The summed E-state index contributed by atoms with van der Waals surface area (Å²) in [6.07, 6.45) is 9.47. The molecule has 2 aromatic heterocycles. The van der Waals surface area contributed by atoms with Crippen LogP contribution in [0.15, 0.2) is 24.8 Å². The second-order valence-corrected chi connectivity index (χ2v) is 5.85. The minimum atomic E-state index is -0.266. The van der Waals surface area contributed by atoms with Gasteiger partial charge in [0.15, 0.2) is 0 Å². The second-order valence-electron chi connectivity index (χ2n) is 5.85. The molecule has 0 radical (unpaired) electrons. The predicted octanol–water partition coefficient (Wildman–Crippen LogP) is 1.68. The molecule has 2 amide bonds. The number of ether oxygens (including phenoxy) is 1. The topological polar surface area (TPSA) is 86.0 Å². The van der Waals surface area contributed by atoms with Crippen LogP contribution in [0.4, 0.5) is 10.5 Å². The monoisotopic (exact) mass is 318 g/mol. The first-order valence-corrected chi connectivity index (χ1v) is 7.80. The Kier molecular flexibility index (Phi) is 4.61. The third kappa shape index (κ3) is 4.10. The smallest absolute Gasteiger partial charge is 0.319 e. The second kappa shape index (κ2) is 6.82. The fraction of sp³-hybridized carbons (Fsp3) is 0.533. The highest BCUT2D eigenvalue weighted by atomic mass is 16.5. The third-order valence-corrected chi connectivity index (χ3v) is 3.88. The summed E-state index contributed by atoms with van der Waals surface area (Å²) in [5.41, 5.74) is 1.62. The van der Waals surface area contributed by atoms with Crippen LogP contribution in [-0.2, 0) is 18.3 Å². The number of aromatic nitrogens is 4. The fourth-order valence-corrected chi connectivity index (χ4v) is 2.64. The number of aryl methyl sites for hydroxylation is 1. The van der Waals surface area contributed by atoms with Crippen LogP contribution in [0.1, 0.15) is 31.4 Å². The average molecular weight is 318 g/mol. The van der Waals surface area contributed by atoms with Gasteiger partial charge in [-0.05, 0) is 19.8 Å². The zero-order chi connectivity index (χ0) is 16.2. The molecule has 0 unspecified atom stereocenters. The van der Waals surface area contributed by atoms with Crippen molar-refractivity contribution in [2.75, 3.05) is 11.9 Å². The third-order valence-electron chi connectivity index (χ3n) is 3.88. The van der Waals surface area contributed by atoms with Gasteiger partial charge < -0.3 is 15.4 Å². The molecule has 3 heterocycles. The van der Waals surface area contributed by atoms with Gasteiger partial charge in [-0.2, -0.15) is 10.2 Å². The van der Waals surface area contributed by atoms with Crippen molar-refractivity contribution < 1.29 is 9.53 Å². The lowest BCUT2D eigenvalue weighted by molar-refractivity contribution is 0.0940. The molecule has 2 atom stereocenters. The van der Waals surface area contributed by atoms with Gasteiger partial charge in [-0.25, -0.2) is 4.79 Å². The van der Waals surface area contributed by atoms with E-state index < -0.39 is 0 Å². The highest BCUT2D eigenvalue weighted by Crippen LogP contribution is 2.15. The van der Waals surface area contributed by atoms with Crippen LogP contribution in [0.3, 0.4) is 0 Å². The lowest BCUT2D eigenvalue weighted by atomic mass is 10.2. The van der Waals surface area contributed by atoms with Crippen LogP contribution < -0.4 is 10.6 Å². The maximum atomic E-state index is 12.0. The summed E-state index contributed by atoms with van der Waals surface area (Å²) in [7, 11) is 1.85. The molecule has 23 heavy (non-hydrogen) atoms. The minimum absolute atomic E-state index is 0.120. The van der Waals surface area contributed by atoms with E-state index in [4.69, 9.17) is 4.74 Å². The van der Waals surface area contributed by atoms with Gasteiger partial charge in [-0.15, -0.1) is 0 Å². The van der Waals surface area contributed by atoms with E-state index in [-0.39, 0.29) is 18.2 Å². The van der Waals surface area contributed by atoms with Crippen LogP contribution in [0.25, 0.3) is 0 Å². The Morgan fingerprint density at radius 2 is 2.30 bits per heavy atom. The highest BCUT2D eigenvalue weighted by Gasteiger charge is 2.17. The Balaban J connectivity index is 1.50. The summed E-state index contributed by atoms with van der Waals surface area (Å²) >= 11 is 0. The first-order chi connectivity index (χ1) is 11.1. The summed E-state index contributed by atoms with van der Waals surface area (Å²) in [6, 6.07) is -0.386. The summed E-state index contributed by atoms with van der Waals surface area (Å²) in [4.78, 5) is 12.0. The maximum absolute atomic E-state index is 12.0. The van der Waals surface area contributed by atoms with Crippen molar-refractivity contribution in [3.05, 3.63) is 30.4 Å². The van der Waals surface area contributed by atoms with Gasteiger partial charge >= 0.3 is 6.03 Å². The largest absolute Gasteiger partial charge is 0.376 e. The first kappa shape index (κ1) is 15.5. The molecule has 1 aliphatic rings. The average Bonchev–Trinajstić information content (AvgIpc) is 3.22. The molecule has 0 spiro atoms. The van der Waals surface area contributed by atoms with Crippen LogP contribution in [0, 0.1) is 0 Å². The van der Waals surface area contributed by atoms with E-state index in [2.05, 4.69) is 20.8 Å². The van der Waals surface area contributed by atoms with E-state index in [0.717, 1.165) is 31.6 Å². The van der Waals surface area contributed by atoms with E-state index in [1.165, 1.54) is 0 Å².